The number of hydrogen-bond donors (Lipinski definition) is 1. The van der Waals surface area contributed by atoms with Crippen molar-refractivity contribution in [2.75, 3.05) is 20.7 Å². The van der Waals surface area contributed by atoms with Crippen molar-refractivity contribution in [3.8, 4) is 11.5 Å². The highest BCUT2D eigenvalue weighted by Crippen LogP contribution is 2.32. The molecule has 0 saturated heterocycles. The van der Waals surface area contributed by atoms with Gasteiger partial charge in [0, 0.05) is 0 Å². The lowest BCUT2D eigenvalue weighted by Crippen LogP contribution is -2.13. The van der Waals surface area contributed by atoms with Crippen molar-refractivity contribution in [3.05, 3.63) is 23.8 Å². The molecule has 100 valence electrons. The summed E-state index contributed by atoms with van der Waals surface area (Å²) in [6.45, 7) is 0.981. The zero-order chi connectivity index (χ0) is 12.8. The number of benzene rings is 1. The maximum atomic E-state index is 6.07. The van der Waals surface area contributed by atoms with Crippen molar-refractivity contribution in [2.45, 2.75) is 38.2 Å². The van der Waals surface area contributed by atoms with Crippen molar-refractivity contribution in [3.63, 3.8) is 0 Å². The van der Waals surface area contributed by atoms with Gasteiger partial charge in [-0.3, -0.25) is 0 Å². The molecule has 0 spiro atoms. The first kappa shape index (κ1) is 13.2. The Balaban J connectivity index is 2.08. The van der Waals surface area contributed by atoms with Crippen LogP contribution in [-0.4, -0.2) is 26.8 Å². The van der Waals surface area contributed by atoms with E-state index in [0.717, 1.165) is 24.5 Å². The van der Waals surface area contributed by atoms with Gasteiger partial charge in [-0.15, -0.1) is 0 Å². The molecular weight excluding hydrogens is 226 g/mol. The third-order valence-electron chi connectivity index (χ3n) is 3.49. The van der Waals surface area contributed by atoms with E-state index in [1.54, 1.807) is 7.11 Å². The van der Waals surface area contributed by atoms with E-state index in [0.29, 0.717) is 6.10 Å². The van der Waals surface area contributed by atoms with E-state index in [4.69, 9.17) is 9.47 Å². The van der Waals surface area contributed by atoms with Crippen LogP contribution in [0.3, 0.4) is 0 Å². The van der Waals surface area contributed by atoms with Gasteiger partial charge in [0.05, 0.1) is 13.2 Å². The Morgan fingerprint density at radius 1 is 1.22 bits per heavy atom. The minimum Gasteiger partial charge on any atom is -0.493 e. The second-order valence-electron chi connectivity index (χ2n) is 4.86. The lowest BCUT2D eigenvalue weighted by molar-refractivity contribution is 0.200. The first-order valence-electron chi connectivity index (χ1n) is 6.81. The number of likely N-dealkylation sites (N-methyl/N-ethyl adjacent to an activating group) is 1. The second-order valence-corrected chi connectivity index (χ2v) is 4.86. The summed E-state index contributed by atoms with van der Waals surface area (Å²) >= 11 is 0. The van der Waals surface area contributed by atoms with Crippen LogP contribution < -0.4 is 14.8 Å². The first-order valence-corrected chi connectivity index (χ1v) is 6.81. The van der Waals surface area contributed by atoms with Gasteiger partial charge in [-0.05, 0) is 63.4 Å². The van der Waals surface area contributed by atoms with Gasteiger partial charge in [-0.1, -0.05) is 6.07 Å². The average Bonchev–Trinajstić information content (AvgIpc) is 2.89. The second kappa shape index (κ2) is 6.64. The maximum Gasteiger partial charge on any atom is 0.161 e. The molecule has 0 bridgehead atoms. The van der Waals surface area contributed by atoms with E-state index in [9.17, 15) is 0 Å². The molecule has 0 heterocycles. The molecule has 0 radical (unpaired) electrons. The summed E-state index contributed by atoms with van der Waals surface area (Å²) in [7, 11) is 3.67. The normalized spacial score (nSPS) is 15.9. The molecule has 0 unspecified atom stereocenters. The Labute approximate surface area is 109 Å². The van der Waals surface area contributed by atoms with Crippen LogP contribution in [0.4, 0.5) is 0 Å². The van der Waals surface area contributed by atoms with Crippen LogP contribution in [0.5, 0.6) is 11.5 Å². The van der Waals surface area contributed by atoms with Crippen molar-refractivity contribution in [1.82, 2.24) is 5.32 Å². The van der Waals surface area contributed by atoms with Crippen molar-refractivity contribution in [1.29, 1.82) is 0 Å². The molecule has 0 aliphatic heterocycles. The molecule has 3 nitrogen and oxygen atoms in total. The predicted octanol–water partition coefficient (Wildman–Crippen LogP) is 2.78. The largest absolute Gasteiger partial charge is 0.493 e. The Hall–Kier alpha value is -1.22. The Morgan fingerprint density at radius 2 is 2.00 bits per heavy atom. The van der Waals surface area contributed by atoms with Gasteiger partial charge in [-0.2, -0.15) is 0 Å². The van der Waals surface area contributed by atoms with Gasteiger partial charge in [-0.25, -0.2) is 0 Å². The van der Waals surface area contributed by atoms with E-state index in [1.807, 2.05) is 13.1 Å². The fraction of sp³-hybridized carbons (Fsp3) is 0.600. The molecule has 3 heteroatoms. The fourth-order valence-electron chi connectivity index (χ4n) is 2.42. The molecule has 1 aliphatic carbocycles. The number of ether oxygens (including phenoxy) is 2. The number of methoxy groups -OCH3 is 1. The number of hydrogen-bond acceptors (Lipinski definition) is 3. The van der Waals surface area contributed by atoms with E-state index >= 15 is 0 Å². The third kappa shape index (κ3) is 3.39. The summed E-state index contributed by atoms with van der Waals surface area (Å²) in [6.07, 6.45) is 6.30. The molecule has 2 rings (SSSR count). The molecule has 0 atom stereocenters. The SMILES string of the molecule is CNCCc1ccc(OC)c(OC2CCCC2)c1. The highest BCUT2D eigenvalue weighted by molar-refractivity contribution is 5.43. The van der Waals surface area contributed by atoms with E-state index in [-0.39, 0.29) is 0 Å². The van der Waals surface area contributed by atoms with E-state index in [2.05, 4.69) is 17.4 Å². The Kier molecular flexibility index (Phi) is 4.88. The molecule has 1 aromatic rings. The van der Waals surface area contributed by atoms with E-state index in [1.165, 1.54) is 31.2 Å². The fourth-order valence-corrected chi connectivity index (χ4v) is 2.42. The Morgan fingerprint density at radius 3 is 2.67 bits per heavy atom. The Bertz CT molecular complexity index is 373. The molecule has 1 aromatic carbocycles. The van der Waals surface area contributed by atoms with Crippen LogP contribution in [-0.2, 0) is 6.42 Å². The number of rotatable bonds is 6. The smallest absolute Gasteiger partial charge is 0.161 e. The van der Waals surface area contributed by atoms with Crippen LogP contribution >= 0.6 is 0 Å². The standard InChI is InChI=1S/C15H23NO2/c1-16-10-9-12-7-8-14(17-2)15(11-12)18-13-5-3-4-6-13/h7-8,11,13,16H,3-6,9-10H2,1-2H3. The third-order valence-corrected chi connectivity index (χ3v) is 3.49. The summed E-state index contributed by atoms with van der Waals surface area (Å²) in [5, 5.41) is 3.17. The summed E-state index contributed by atoms with van der Waals surface area (Å²) in [6, 6.07) is 6.24. The molecule has 1 saturated carbocycles. The van der Waals surface area contributed by atoms with Gasteiger partial charge < -0.3 is 14.8 Å². The van der Waals surface area contributed by atoms with Crippen molar-refractivity contribution < 1.29 is 9.47 Å². The molecule has 1 fully saturated rings. The lowest BCUT2D eigenvalue weighted by atomic mass is 10.1. The molecule has 18 heavy (non-hydrogen) atoms. The monoisotopic (exact) mass is 249 g/mol. The highest BCUT2D eigenvalue weighted by Gasteiger charge is 2.18. The van der Waals surface area contributed by atoms with Gasteiger partial charge >= 0.3 is 0 Å². The van der Waals surface area contributed by atoms with Crippen molar-refractivity contribution in [2.24, 2.45) is 0 Å². The van der Waals surface area contributed by atoms with Crippen LogP contribution in [0.1, 0.15) is 31.2 Å². The minimum atomic E-state index is 0.374. The average molecular weight is 249 g/mol. The van der Waals surface area contributed by atoms with Gasteiger partial charge in [0.2, 0.25) is 0 Å². The van der Waals surface area contributed by atoms with E-state index < -0.39 is 0 Å². The minimum absolute atomic E-state index is 0.374. The van der Waals surface area contributed by atoms with Gasteiger partial charge in [0.15, 0.2) is 11.5 Å². The molecule has 0 amide bonds. The summed E-state index contributed by atoms with van der Waals surface area (Å²) in [4.78, 5) is 0. The number of nitrogens with one attached hydrogen (secondary N) is 1. The maximum absolute atomic E-state index is 6.07. The molecule has 0 aromatic heterocycles. The molecule has 1 aliphatic rings. The van der Waals surface area contributed by atoms with Crippen LogP contribution in [0, 0.1) is 0 Å². The summed E-state index contributed by atoms with van der Waals surface area (Å²) in [5.74, 6) is 1.74. The quantitative estimate of drug-likeness (QED) is 0.841. The summed E-state index contributed by atoms with van der Waals surface area (Å²) < 4.78 is 11.4. The molecule has 1 N–H and O–H groups in total. The summed E-state index contributed by atoms with van der Waals surface area (Å²) in [5.41, 5.74) is 1.29. The van der Waals surface area contributed by atoms with Crippen molar-refractivity contribution >= 4 is 0 Å². The lowest BCUT2D eigenvalue weighted by Gasteiger charge is -2.16. The predicted molar refractivity (Wildman–Crippen MR) is 73.5 cm³/mol. The zero-order valence-corrected chi connectivity index (χ0v) is 11.4. The van der Waals surface area contributed by atoms with Crippen LogP contribution in [0.25, 0.3) is 0 Å². The topological polar surface area (TPSA) is 30.5 Å². The van der Waals surface area contributed by atoms with Crippen LogP contribution in [0.2, 0.25) is 0 Å². The zero-order valence-electron chi connectivity index (χ0n) is 11.4. The first-order chi connectivity index (χ1) is 8.83. The highest BCUT2D eigenvalue weighted by atomic mass is 16.5. The van der Waals surface area contributed by atoms with Crippen LogP contribution in [0.15, 0.2) is 18.2 Å². The van der Waals surface area contributed by atoms with Gasteiger partial charge in [0.1, 0.15) is 0 Å². The van der Waals surface area contributed by atoms with Gasteiger partial charge in [0.25, 0.3) is 0 Å². The molecular formula is C15H23NO2.